The number of hydrogen-bond donors (Lipinski definition) is 1. The molecule has 2 amide bonds. The van der Waals surface area contributed by atoms with Gasteiger partial charge in [-0.1, -0.05) is 31.5 Å². The van der Waals surface area contributed by atoms with Crippen molar-refractivity contribution in [2.75, 3.05) is 37.6 Å². The lowest BCUT2D eigenvalue weighted by Crippen LogP contribution is -2.53. The van der Waals surface area contributed by atoms with Crippen molar-refractivity contribution in [1.29, 1.82) is 0 Å². The molecule has 0 aromatic heterocycles. The van der Waals surface area contributed by atoms with Crippen molar-refractivity contribution in [3.63, 3.8) is 0 Å². The van der Waals surface area contributed by atoms with Crippen molar-refractivity contribution >= 4 is 29.1 Å². The highest BCUT2D eigenvalue weighted by atomic mass is 35.5. The summed E-state index contributed by atoms with van der Waals surface area (Å²) in [5.74, 6) is 0.464. The molecule has 0 unspecified atom stereocenters. The zero-order valence-corrected chi connectivity index (χ0v) is 16.4. The normalized spacial score (nSPS) is 18.8. The number of amides is 2. The summed E-state index contributed by atoms with van der Waals surface area (Å²) < 4.78 is 0. The molecule has 2 fully saturated rings. The first kappa shape index (κ1) is 19.0. The van der Waals surface area contributed by atoms with E-state index in [1.807, 2.05) is 29.2 Å². The summed E-state index contributed by atoms with van der Waals surface area (Å²) in [6.07, 6.45) is 2.29. The van der Waals surface area contributed by atoms with Crippen molar-refractivity contribution in [2.45, 2.75) is 33.1 Å². The first-order chi connectivity index (χ1) is 12.4. The summed E-state index contributed by atoms with van der Waals surface area (Å²) in [6.45, 7) is 7.72. The fraction of sp³-hybridized carbons (Fsp3) is 0.600. The highest BCUT2D eigenvalue weighted by Gasteiger charge is 2.58. The zero-order valence-electron chi connectivity index (χ0n) is 15.6. The van der Waals surface area contributed by atoms with E-state index in [1.165, 1.54) is 0 Å². The van der Waals surface area contributed by atoms with Gasteiger partial charge in [-0.15, -0.1) is 0 Å². The van der Waals surface area contributed by atoms with Crippen LogP contribution in [0.4, 0.5) is 5.69 Å². The Kier molecular flexibility index (Phi) is 5.76. The van der Waals surface area contributed by atoms with E-state index in [9.17, 15) is 9.59 Å². The predicted molar refractivity (Wildman–Crippen MR) is 104 cm³/mol. The predicted octanol–water partition coefficient (Wildman–Crippen LogP) is 2.93. The fourth-order valence-corrected chi connectivity index (χ4v) is 3.63. The standard InChI is InChI=1S/C20H28ClN3O2/c1-15(2)6-9-22-18(25)20(7-8-20)19(26)24-12-10-23(11-13-24)17-5-3-4-16(21)14-17/h3-5,14-15H,6-13H2,1-2H3,(H,22,25). The largest absolute Gasteiger partial charge is 0.368 e. The molecule has 0 radical (unpaired) electrons. The lowest BCUT2D eigenvalue weighted by Gasteiger charge is -2.37. The summed E-state index contributed by atoms with van der Waals surface area (Å²) in [5, 5.41) is 3.68. The van der Waals surface area contributed by atoms with Crippen LogP contribution >= 0.6 is 11.6 Å². The number of hydrogen-bond acceptors (Lipinski definition) is 3. The summed E-state index contributed by atoms with van der Waals surface area (Å²) in [4.78, 5) is 29.6. The first-order valence-corrected chi connectivity index (χ1v) is 9.88. The Hall–Kier alpha value is -1.75. The van der Waals surface area contributed by atoms with Gasteiger partial charge < -0.3 is 15.1 Å². The van der Waals surface area contributed by atoms with Crippen LogP contribution in [0.2, 0.25) is 5.02 Å². The molecule has 0 spiro atoms. The molecule has 5 nitrogen and oxygen atoms in total. The van der Waals surface area contributed by atoms with Crippen molar-refractivity contribution in [2.24, 2.45) is 11.3 Å². The summed E-state index contributed by atoms with van der Waals surface area (Å²) in [5.41, 5.74) is 0.284. The topological polar surface area (TPSA) is 52.7 Å². The number of rotatable bonds is 6. The molecule has 3 rings (SSSR count). The van der Waals surface area contributed by atoms with E-state index in [-0.39, 0.29) is 11.8 Å². The van der Waals surface area contributed by atoms with E-state index in [4.69, 9.17) is 11.6 Å². The number of anilines is 1. The molecule has 1 heterocycles. The molecule has 142 valence electrons. The summed E-state index contributed by atoms with van der Waals surface area (Å²) >= 11 is 6.07. The Morgan fingerprint density at radius 3 is 2.46 bits per heavy atom. The molecule has 0 atom stereocenters. The minimum Gasteiger partial charge on any atom is -0.368 e. The fourth-order valence-electron chi connectivity index (χ4n) is 3.45. The highest BCUT2D eigenvalue weighted by Crippen LogP contribution is 2.47. The van der Waals surface area contributed by atoms with E-state index in [1.54, 1.807) is 0 Å². The lowest BCUT2D eigenvalue weighted by atomic mass is 10.0. The van der Waals surface area contributed by atoms with E-state index in [0.717, 1.165) is 30.2 Å². The molecule has 1 aromatic rings. The second-order valence-corrected chi connectivity index (χ2v) is 8.22. The van der Waals surface area contributed by atoms with Crippen molar-refractivity contribution in [3.8, 4) is 0 Å². The number of piperazine rings is 1. The third-order valence-corrected chi connectivity index (χ3v) is 5.58. The van der Waals surface area contributed by atoms with Gasteiger partial charge in [0.25, 0.3) is 0 Å². The van der Waals surface area contributed by atoms with Crippen molar-refractivity contribution < 1.29 is 9.59 Å². The van der Waals surface area contributed by atoms with E-state index >= 15 is 0 Å². The number of nitrogens with one attached hydrogen (secondary N) is 1. The third-order valence-electron chi connectivity index (χ3n) is 5.34. The average Bonchev–Trinajstić information content (AvgIpc) is 3.43. The maximum Gasteiger partial charge on any atom is 0.238 e. The maximum absolute atomic E-state index is 12.9. The van der Waals surface area contributed by atoms with Gasteiger partial charge in [-0.3, -0.25) is 9.59 Å². The molecular weight excluding hydrogens is 350 g/mol. The van der Waals surface area contributed by atoms with Gasteiger partial charge in [0, 0.05) is 43.4 Å². The molecular formula is C20H28ClN3O2. The number of benzene rings is 1. The highest BCUT2D eigenvalue weighted by molar-refractivity contribution is 6.30. The van der Waals surface area contributed by atoms with Crippen LogP contribution in [0.25, 0.3) is 0 Å². The number of carbonyl (C=O) groups excluding carboxylic acids is 2. The van der Waals surface area contributed by atoms with Crippen LogP contribution in [0, 0.1) is 11.3 Å². The second-order valence-electron chi connectivity index (χ2n) is 7.78. The Labute approximate surface area is 160 Å². The van der Waals surface area contributed by atoms with Crippen molar-refractivity contribution in [1.82, 2.24) is 10.2 Å². The van der Waals surface area contributed by atoms with E-state index < -0.39 is 5.41 Å². The van der Waals surface area contributed by atoms with Gasteiger partial charge in [-0.2, -0.15) is 0 Å². The first-order valence-electron chi connectivity index (χ1n) is 9.50. The van der Waals surface area contributed by atoms with Crippen LogP contribution < -0.4 is 10.2 Å². The van der Waals surface area contributed by atoms with Crippen LogP contribution in [-0.2, 0) is 9.59 Å². The van der Waals surface area contributed by atoms with Gasteiger partial charge in [0.05, 0.1) is 0 Å². The Bertz CT molecular complexity index is 665. The smallest absolute Gasteiger partial charge is 0.238 e. The van der Waals surface area contributed by atoms with Crippen molar-refractivity contribution in [3.05, 3.63) is 29.3 Å². The molecule has 6 heteroatoms. The maximum atomic E-state index is 12.9. The SMILES string of the molecule is CC(C)CCNC(=O)C1(C(=O)N2CCN(c3cccc(Cl)c3)CC2)CC1. The third kappa shape index (κ3) is 4.14. The van der Waals surface area contributed by atoms with E-state index in [0.29, 0.717) is 38.4 Å². The summed E-state index contributed by atoms with van der Waals surface area (Å²) in [7, 11) is 0. The number of carbonyl (C=O) groups is 2. The average molecular weight is 378 g/mol. The lowest BCUT2D eigenvalue weighted by molar-refractivity contribution is -0.144. The molecule has 1 aliphatic carbocycles. The molecule has 1 aromatic carbocycles. The van der Waals surface area contributed by atoms with Gasteiger partial charge in [-0.25, -0.2) is 0 Å². The molecule has 26 heavy (non-hydrogen) atoms. The monoisotopic (exact) mass is 377 g/mol. The van der Waals surface area contributed by atoms with Gasteiger partial charge in [0.1, 0.15) is 5.41 Å². The van der Waals surface area contributed by atoms with Crippen LogP contribution in [0.15, 0.2) is 24.3 Å². The molecule has 2 aliphatic rings. The Balaban J connectivity index is 1.54. The van der Waals surface area contributed by atoms with Gasteiger partial charge >= 0.3 is 0 Å². The molecule has 1 N–H and O–H groups in total. The molecule has 1 saturated carbocycles. The Morgan fingerprint density at radius 1 is 1.19 bits per heavy atom. The van der Waals surface area contributed by atoms with Gasteiger partial charge in [-0.05, 0) is 43.4 Å². The number of nitrogens with zero attached hydrogens (tertiary/aromatic N) is 2. The van der Waals surface area contributed by atoms with Crippen LogP contribution in [0.1, 0.15) is 33.1 Å². The number of halogens is 1. The molecule has 1 aliphatic heterocycles. The molecule has 0 bridgehead atoms. The quantitative estimate of drug-likeness (QED) is 0.775. The zero-order chi connectivity index (χ0) is 18.7. The van der Waals surface area contributed by atoms with E-state index in [2.05, 4.69) is 24.1 Å². The second kappa shape index (κ2) is 7.87. The minimum absolute atomic E-state index is 0.00490. The minimum atomic E-state index is -0.796. The molecule has 1 saturated heterocycles. The van der Waals surface area contributed by atoms with Gasteiger partial charge in [0.2, 0.25) is 11.8 Å². The van der Waals surface area contributed by atoms with Gasteiger partial charge in [0.15, 0.2) is 0 Å². The summed E-state index contributed by atoms with van der Waals surface area (Å²) in [6, 6.07) is 7.78. The van der Waals surface area contributed by atoms with Crippen LogP contribution in [0.3, 0.4) is 0 Å². The Morgan fingerprint density at radius 2 is 1.88 bits per heavy atom. The van der Waals surface area contributed by atoms with Crippen LogP contribution in [-0.4, -0.2) is 49.4 Å². The van der Waals surface area contributed by atoms with Crippen LogP contribution in [0.5, 0.6) is 0 Å².